The third-order valence-electron chi connectivity index (χ3n) is 6.38. The van der Waals surface area contributed by atoms with Crippen LogP contribution in [0.5, 0.6) is 0 Å². The monoisotopic (exact) mass is 390 g/mol. The number of carbonyl (C=O) groups is 2. The van der Waals surface area contributed by atoms with Gasteiger partial charge in [0.1, 0.15) is 0 Å². The first-order valence-corrected chi connectivity index (χ1v) is 10.8. The summed E-state index contributed by atoms with van der Waals surface area (Å²) >= 11 is 0. The number of nitrogens with one attached hydrogen (secondary N) is 1. The van der Waals surface area contributed by atoms with Gasteiger partial charge in [0.25, 0.3) is 0 Å². The average molecular weight is 391 g/mol. The Morgan fingerprint density at radius 2 is 1.59 bits per heavy atom. The van der Waals surface area contributed by atoms with E-state index in [4.69, 9.17) is 0 Å². The van der Waals surface area contributed by atoms with Crippen LogP contribution in [0.4, 0.5) is 0 Å². The number of rotatable bonds is 6. The minimum absolute atomic E-state index is 0.130. The van der Waals surface area contributed by atoms with Crippen LogP contribution in [0.25, 0.3) is 11.1 Å². The number of hydrogen-bond donors (Lipinski definition) is 1. The Kier molecular flexibility index (Phi) is 5.70. The lowest BCUT2D eigenvalue weighted by Crippen LogP contribution is -2.51. The number of nitrogens with zero attached hydrogens (tertiary/aromatic N) is 1. The molecule has 0 bridgehead atoms. The highest BCUT2D eigenvalue weighted by molar-refractivity contribution is 5.84. The van der Waals surface area contributed by atoms with Crippen molar-refractivity contribution >= 4 is 11.8 Å². The summed E-state index contributed by atoms with van der Waals surface area (Å²) in [5.74, 6) is 0.671. The van der Waals surface area contributed by atoms with E-state index in [2.05, 4.69) is 41.7 Å². The Hall–Kier alpha value is -2.62. The highest BCUT2D eigenvalue weighted by Gasteiger charge is 2.43. The third kappa shape index (κ3) is 4.36. The molecule has 1 saturated carbocycles. The molecule has 1 aliphatic carbocycles. The first kappa shape index (κ1) is 19.7. The van der Waals surface area contributed by atoms with Crippen molar-refractivity contribution in [2.75, 3.05) is 19.6 Å². The number of benzene rings is 2. The van der Waals surface area contributed by atoms with Gasteiger partial charge >= 0.3 is 0 Å². The summed E-state index contributed by atoms with van der Waals surface area (Å²) in [6.07, 6.45) is 4.25. The van der Waals surface area contributed by atoms with Gasteiger partial charge in [0.15, 0.2) is 0 Å². The minimum Gasteiger partial charge on any atom is -0.356 e. The van der Waals surface area contributed by atoms with Crippen LogP contribution in [0.15, 0.2) is 54.6 Å². The molecule has 2 aromatic carbocycles. The zero-order valence-electron chi connectivity index (χ0n) is 17.2. The average Bonchev–Trinajstić information content (AvgIpc) is 3.61. The maximum atomic E-state index is 13.0. The summed E-state index contributed by atoms with van der Waals surface area (Å²) in [6, 6.07) is 18.9. The molecule has 4 nitrogen and oxygen atoms in total. The van der Waals surface area contributed by atoms with Gasteiger partial charge in [0, 0.05) is 25.6 Å². The molecule has 4 rings (SSSR count). The Bertz CT molecular complexity index is 848. The summed E-state index contributed by atoms with van der Waals surface area (Å²) in [4.78, 5) is 27.4. The van der Waals surface area contributed by atoms with Gasteiger partial charge in [0.2, 0.25) is 11.8 Å². The Morgan fingerprint density at radius 3 is 2.17 bits per heavy atom. The van der Waals surface area contributed by atoms with Crippen LogP contribution in [0.1, 0.15) is 38.2 Å². The van der Waals surface area contributed by atoms with Gasteiger partial charge < -0.3 is 10.2 Å². The molecule has 0 aromatic heterocycles. The quantitative estimate of drug-likeness (QED) is 0.809. The smallest absolute Gasteiger partial charge is 0.226 e. The lowest BCUT2D eigenvalue weighted by molar-refractivity contribution is -0.141. The zero-order chi connectivity index (χ0) is 20.3. The van der Waals surface area contributed by atoms with Crippen molar-refractivity contribution in [2.45, 2.75) is 39.0 Å². The van der Waals surface area contributed by atoms with Crippen molar-refractivity contribution in [3.63, 3.8) is 0 Å². The van der Waals surface area contributed by atoms with Crippen molar-refractivity contribution in [1.29, 1.82) is 0 Å². The summed E-state index contributed by atoms with van der Waals surface area (Å²) in [5, 5.41) is 3.05. The van der Waals surface area contributed by atoms with Crippen LogP contribution < -0.4 is 5.32 Å². The van der Waals surface area contributed by atoms with E-state index in [1.165, 1.54) is 16.7 Å². The first-order chi connectivity index (χ1) is 14.1. The first-order valence-electron chi connectivity index (χ1n) is 10.8. The molecule has 2 aromatic rings. The van der Waals surface area contributed by atoms with Gasteiger partial charge in [-0.25, -0.2) is 0 Å². The number of likely N-dealkylation sites (tertiary alicyclic amines) is 1. The van der Waals surface area contributed by atoms with Crippen LogP contribution in [-0.4, -0.2) is 36.3 Å². The normalized spacial score (nSPS) is 18.3. The fourth-order valence-electron chi connectivity index (χ4n) is 4.41. The second-order valence-corrected chi connectivity index (χ2v) is 8.48. The molecule has 29 heavy (non-hydrogen) atoms. The zero-order valence-corrected chi connectivity index (χ0v) is 17.2. The van der Waals surface area contributed by atoms with Gasteiger partial charge in [-0.1, -0.05) is 54.6 Å². The predicted octanol–water partition coefficient (Wildman–Crippen LogP) is 4.05. The molecule has 0 atom stereocenters. The van der Waals surface area contributed by atoms with Gasteiger partial charge in [-0.3, -0.25) is 9.59 Å². The van der Waals surface area contributed by atoms with Crippen molar-refractivity contribution in [2.24, 2.45) is 11.3 Å². The van der Waals surface area contributed by atoms with Crippen LogP contribution in [0.3, 0.4) is 0 Å². The molecule has 4 heteroatoms. The van der Waals surface area contributed by atoms with E-state index in [1.807, 2.05) is 30.0 Å². The van der Waals surface area contributed by atoms with Crippen molar-refractivity contribution in [1.82, 2.24) is 10.2 Å². The van der Waals surface area contributed by atoms with Gasteiger partial charge in [-0.05, 0) is 55.7 Å². The van der Waals surface area contributed by atoms with E-state index >= 15 is 0 Å². The number of amides is 2. The van der Waals surface area contributed by atoms with Gasteiger partial charge in [-0.15, -0.1) is 0 Å². The van der Waals surface area contributed by atoms with Crippen molar-refractivity contribution in [3.05, 3.63) is 60.2 Å². The minimum atomic E-state index is -0.426. The fraction of sp³-hybridized carbons (Fsp3) is 0.440. The maximum Gasteiger partial charge on any atom is 0.226 e. The molecular formula is C25H30N2O2. The molecule has 1 aliphatic heterocycles. The van der Waals surface area contributed by atoms with Gasteiger partial charge in [0.05, 0.1) is 5.41 Å². The predicted molar refractivity (Wildman–Crippen MR) is 115 cm³/mol. The highest BCUT2D eigenvalue weighted by Crippen LogP contribution is 2.38. The number of hydrogen-bond acceptors (Lipinski definition) is 2. The van der Waals surface area contributed by atoms with E-state index in [-0.39, 0.29) is 11.8 Å². The SMILES string of the molecule is CCNC(=O)C1(Cc2ccc(-c3ccccc3)cc2)CCN(C(=O)C2CC2)CC1. The standard InChI is InChI=1S/C25H30N2O2/c1-2-26-24(29)25(14-16-27(17-15-25)23(28)22-12-13-22)18-19-8-10-21(11-9-19)20-6-4-3-5-7-20/h3-11,22H,2,12-18H2,1H3,(H,26,29). The van der Waals surface area contributed by atoms with Crippen molar-refractivity contribution < 1.29 is 9.59 Å². The van der Waals surface area contributed by atoms with E-state index in [0.29, 0.717) is 25.5 Å². The Balaban J connectivity index is 1.49. The van der Waals surface area contributed by atoms with Crippen LogP contribution in [0.2, 0.25) is 0 Å². The van der Waals surface area contributed by atoms with E-state index in [1.54, 1.807) is 0 Å². The summed E-state index contributed by atoms with van der Waals surface area (Å²) in [5.41, 5.74) is 3.14. The maximum absolute atomic E-state index is 13.0. The molecule has 2 aliphatic rings. The Labute approximate surface area is 173 Å². The molecule has 2 fully saturated rings. The second-order valence-electron chi connectivity index (χ2n) is 8.48. The molecule has 152 valence electrons. The van der Waals surface area contributed by atoms with E-state index in [9.17, 15) is 9.59 Å². The molecule has 0 unspecified atom stereocenters. The molecule has 1 heterocycles. The third-order valence-corrected chi connectivity index (χ3v) is 6.38. The molecule has 0 spiro atoms. The van der Waals surface area contributed by atoms with Gasteiger partial charge in [-0.2, -0.15) is 0 Å². The molecule has 0 radical (unpaired) electrons. The van der Waals surface area contributed by atoms with Crippen LogP contribution >= 0.6 is 0 Å². The summed E-state index contributed by atoms with van der Waals surface area (Å²) in [6.45, 7) is 3.98. The fourth-order valence-corrected chi connectivity index (χ4v) is 4.41. The van der Waals surface area contributed by atoms with Crippen molar-refractivity contribution in [3.8, 4) is 11.1 Å². The molecule has 1 N–H and O–H groups in total. The molecular weight excluding hydrogens is 360 g/mol. The lowest BCUT2D eigenvalue weighted by Gasteiger charge is -2.41. The summed E-state index contributed by atoms with van der Waals surface area (Å²) < 4.78 is 0. The number of piperidine rings is 1. The molecule has 2 amide bonds. The largest absolute Gasteiger partial charge is 0.356 e. The second kappa shape index (κ2) is 8.40. The van der Waals surface area contributed by atoms with Crippen LogP contribution in [0, 0.1) is 11.3 Å². The number of carbonyl (C=O) groups excluding carboxylic acids is 2. The Morgan fingerprint density at radius 1 is 0.966 bits per heavy atom. The van der Waals surface area contributed by atoms with Crippen LogP contribution in [-0.2, 0) is 16.0 Å². The highest BCUT2D eigenvalue weighted by atomic mass is 16.2. The summed E-state index contributed by atoms with van der Waals surface area (Å²) in [7, 11) is 0. The van der Waals surface area contributed by atoms with E-state index < -0.39 is 5.41 Å². The van der Waals surface area contributed by atoms with E-state index in [0.717, 1.165) is 32.1 Å². The topological polar surface area (TPSA) is 49.4 Å². The molecule has 1 saturated heterocycles. The lowest BCUT2D eigenvalue weighted by atomic mass is 9.72.